The summed E-state index contributed by atoms with van der Waals surface area (Å²) in [5.41, 5.74) is 1.52. The van der Waals surface area contributed by atoms with Gasteiger partial charge in [0.2, 0.25) is 0 Å². The van der Waals surface area contributed by atoms with Crippen LogP contribution in [0.25, 0.3) is 0 Å². The molecular formula is C14H20Cl2N2. The lowest BCUT2D eigenvalue weighted by atomic mass is 10.2. The summed E-state index contributed by atoms with van der Waals surface area (Å²) >= 11 is 12.2. The van der Waals surface area contributed by atoms with Gasteiger partial charge in [0.1, 0.15) is 0 Å². The second-order valence-corrected chi connectivity index (χ2v) is 5.72. The molecule has 18 heavy (non-hydrogen) atoms. The molecule has 2 nitrogen and oxygen atoms in total. The van der Waals surface area contributed by atoms with Gasteiger partial charge in [-0.25, -0.2) is 0 Å². The first-order chi connectivity index (χ1) is 8.69. The Morgan fingerprint density at radius 2 is 1.72 bits per heavy atom. The Morgan fingerprint density at radius 1 is 1.11 bits per heavy atom. The molecule has 1 saturated heterocycles. The summed E-state index contributed by atoms with van der Waals surface area (Å²) in [7, 11) is 0. The van der Waals surface area contributed by atoms with Crippen LogP contribution in [0.5, 0.6) is 0 Å². The molecule has 1 aromatic carbocycles. The fraction of sp³-hybridized carbons (Fsp3) is 0.571. The molecule has 0 bridgehead atoms. The van der Waals surface area contributed by atoms with E-state index >= 15 is 0 Å². The summed E-state index contributed by atoms with van der Waals surface area (Å²) in [5, 5.41) is 0.802. The minimum atomic E-state index is 0.197. The van der Waals surface area contributed by atoms with Crippen molar-refractivity contribution in [3.63, 3.8) is 0 Å². The van der Waals surface area contributed by atoms with Gasteiger partial charge in [0.05, 0.1) is 5.50 Å². The summed E-state index contributed by atoms with van der Waals surface area (Å²) < 4.78 is 0. The molecule has 1 aliphatic rings. The van der Waals surface area contributed by atoms with Crippen LogP contribution in [-0.4, -0.2) is 41.5 Å². The third-order valence-electron chi connectivity index (χ3n) is 3.46. The van der Waals surface area contributed by atoms with E-state index in [1.807, 2.05) is 12.1 Å². The van der Waals surface area contributed by atoms with Crippen LogP contribution in [0.15, 0.2) is 24.3 Å². The lowest BCUT2D eigenvalue weighted by Crippen LogP contribution is -2.48. The standard InChI is InChI=1S/C14H20Cl2N2/c1-2-14(16)18-9-7-17(8-10-18)11-12-3-5-13(15)6-4-12/h3-6,14H,2,7-11H2,1H3. The molecule has 1 aliphatic heterocycles. The molecule has 0 aromatic heterocycles. The Kier molecular flexibility index (Phi) is 5.31. The van der Waals surface area contributed by atoms with E-state index in [1.165, 1.54) is 5.56 Å². The topological polar surface area (TPSA) is 6.48 Å². The summed E-state index contributed by atoms with van der Waals surface area (Å²) in [4.78, 5) is 4.83. The van der Waals surface area contributed by atoms with Crippen molar-refractivity contribution in [2.24, 2.45) is 0 Å². The van der Waals surface area contributed by atoms with E-state index in [4.69, 9.17) is 23.2 Å². The highest BCUT2D eigenvalue weighted by molar-refractivity contribution is 6.30. The summed E-state index contributed by atoms with van der Waals surface area (Å²) in [6, 6.07) is 8.12. The average molecular weight is 287 g/mol. The molecule has 100 valence electrons. The SMILES string of the molecule is CCC(Cl)N1CCN(Cc2ccc(Cl)cc2)CC1. The Hall–Kier alpha value is -0.280. The smallest absolute Gasteiger partial charge is 0.0848 e. The molecular weight excluding hydrogens is 267 g/mol. The van der Waals surface area contributed by atoms with Gasteiger partial charge >= 0.3 is 0 Å². The van der Waals surface area contributed by atoms with Crippen molar-refractivity contribution in [2.45, 2.75) is 25.4 Å². The number of piperazine rings is 1. The fourth-order valence-electron chi connectivity index (χ4n) is 2.31. The van der Waals surface area contributed by atoms with Gasteiger partial charge in [-0.15, -0.1) is 11.6 Å². The molecule has 0 amide bonds. The third kappa shape index (κ3) is 3.86. The highest BCUT2D eigenvalue weighted by Crippen LogP contribution is 2.15. The number of nitrogens with zero attached hydrogens (tertiary/aromatic N) is 2. The number of hydrogen-bond donors (Lipinski definition) is 0. The second kappa shape index (κ2) is 6.76. The van der Waals surface area contributed by atoms with Gasteiger partial charge in [-0.05, 0) is 24.1 Å². The van der Waals surface area contributed by atoms with Gasteiger partial charge < -0.3 is 0 Å². The molecule has 0 aliphatic carbocycles. The lowest BCUT2D eigenvalue weighted by molar-refractivity contribution is 0.115. The van der Waals surface area contributed by atoms with Crippen molar-refractivity contribution < 1.29 is 0 Å². The van der Waals surface area contributed by atoms with Crippen molar-refractivity contribution >= 4 is 23.2 Å². The van der Waals surface area contributed by atoms with E-state index in [9.17, 15) is 0 Å². The van der Waals surface area contributed by atoms with Crippen LogP contribution in [0.1, 0.15) is 18.9 Å². The summed E-state index contributed by atoms with van der Waals surface area (Å²) in [5.74, 6) is 0. The molecule has 1 fully saturated rings. The first-order valence-corrected chi connectivity index (χ1v) is 7.35. The van der Waals surface area contributed by atoms with Crippen LogP contribution in [0.3, 0.4) is 0 Å². The Balaban J connectivity index is 1.81. The molecule has 1 heterocycles. The Bertz CT molecular complexity index is 359. The van der Waals surface area contributed by atoms with E-state index in [0.717, 1.165) is 44.2 Å². The van der Waals surface area contributed by atoms with Crippen molar-refractivity contribution in [3.8, 4) is 0 Å². The Labute approximate surface area is 119 Å². The molecule has 0 N–H and O–H groups in total. The van der Waals surface area contributed by atoms with Gasteiger partial charge in [-0.3, -0.25) is 9.80 Å². The van der Waals surface area contributed by atoms with Gasteiger partial charge in [-0.2, -0.15) is 0 Å². The molecule has 0 radical (unpaired) electrons. The molecule has 1 atom stereocenters. The predicted molar refractivity (Wildman–Crippen MR) is 78.2 cm³/mol. The van der Waals surface area contributed by atoms with Gasteiger partial charge in [0.25, 0.3) is 0 Å². The van der Waals surface area contributed by atoms with Crippen molar-refractivity contribution in [3.05, 3.63) is 34.9 Å². The maximum atomic E-state index is 6.26. The maximum Gasteiger partial charge on any atom is 0.0848 e. The predicted octanol–water partition coefficient (Wildman–Crippen LogP) is 3.43. The average Bonchev–Trinajstić information content (AvgIpc) is 2.41. The van der Waals surface area contributed by atoms with Crippen molar-refractivity contribution in [1.82, 2.24) is 9.80 Å². The van der Waals surface area contributed by atoms with Crippen molar-refractivity contribution in [2.75, 3.05) is 26.2 Å². The third-order valence-corrected chi connectivity index (χ3v) is 4.30. The minimum absolute atomic E-state index is 0.197. The maximum absolute atomic E-state index is 6.26. The zero-order valence-corrected chi connectivity index (χ0v) is 12.3. The molecule has 2 rings (SSSR count). The first kappa shape index (κ1) is 14.1. The number of halogens is 2. The summed E-state index contributed by atoms with van der Waals surface area (Å²) in [6.45, 7) is 7.45. The number of hydrogen-bond acceptors (Lipinski definition) is 2. The van der Waals surface area contributed by atoms with Crippen LogP contribution >= 0.6 is 23.2 Å². The molecule has 1 unspecified atom stereocenters. The zero-order chi connectivity index (χ0) is 13.0. The van der Waals surface area contributed by atoms with Crippen LogP contribution in [0.4, 0.5) is 0 Å². The van der Waals surface area contributed by atoms with Crippen molar-refractivity contribution in [1.29, 1.82) is 0 Å². The highest BCUT2D eigenvalue weighted by Gasteiger charge is 2.20. The first-order valence-electron chi connectivity index (χ1n) is 6.54. The minimum Gasteiger partial charge on any atom is -0.297 e. The number of alkyl halides is 1. The lowest BCUT2D eigenvalue weighted by Gasteiger charge is -2.36. The second-order valence-electron chi connectivity index (χ2n) is 4.78. The highest BCUT2D eigenvalue weighted by atomic mass is 35.5. The van der Waals surface area contributed by atoms with Gasteiger partial charge in [0.15, 0.2) is 0 Å². The van der Waals surface area contributed by atoms with Crippen LogP contribution in [0.2, 0.25) is 5.02 Å². The van der Waals surface area contributed by atoms with E-state index < -0.39 is 0 Å². The fourth-order valence-corrected chi connectivity index (χ4v) is 2.63. The normalized spacial score (nSPS) is 19.9. The molecule has 4 heteroatoms. The largest absolute Gasteiger partial charge is 0.297 e. The van der Waals surface area contributed by atoms with Crippen LogP contribution in [-0.2, 0) is 6.54 Å². The number of rotatable bonds is 4. The van der Waals surface area contributed by atoms with Crippen LogP contribution < -0.4 is 0 Å². The zero-order valence-electron chi connectivity index (χ0n) is 10.8. The van der Waals surface area contributed by atoms with Gasteiger partial charge in [-0.1, -0.05) is 30.7 Å². The monoisotopic (exact) mass is 286 g/mol. The van der Waals surface area contributed by atoms with Crippen LogP contribution in [0, 0.1) is 0 Å². The summed E-state index contributed by atoms with van der Waals surface area (Å²) in [6.07, 6.45) is 1.01. The molecule has 0 saturated carbocycles. The van der Waals surface area contributed by atoms with E-state index in [2.05, 4.69) is 28.9 Å². The Morgan fingerprint density at radius 3 is 2.28 bits per heavy atom. The van der Waals surface area contributed by atoms with E-state index in [0.29, 0.717) is 0 Å². The number of benzene rings is 1. The molecule has 1 aromatic rings. The quantitative estimate of drug-likeness (QED) is 0.618. The molecule has 0 spiro atoms. The van der Waals surface area contributed by atoms with Gasteiger partial charge in [0, 0.05) is 37.7 Å². The van der Waals surface area contributed by atoms with E-state index in [1.54, 1.807) is 0 Å². The van der Waals surface area contributed by atoms with E-state index in [-0.39, 0.29) is 5.50 Å².